The van der Waals surface area contributed by atoms with Crippen LogP contribution in [0.1, 0.15) is 35.3 Å². The van der Waals surface area contributed by atoms with Crippen molar-refractivity contribution >= 4 is 33.5 Å². The molecule has 8 heteroatoms. The van der Waals surface area contributed by atoms with Crippen LogP contribution in [0, 0.1) is 6.92 Å². The van der Waals surface area contributed by atoms with Gasteiger partial charge in [-0.1, -0.05) is 53.6 Å². The van der Waals surface area contributed by atoms with Crippen molar-refractivity contribution < 1.29 is 23.4 Å². The summed E-state index contributed by atoms with van der Waals surface area (Å²) < 4.78 is 26.5. The summed E-state index contributed by atoms with van der Waals surface area (Å²) in [5.74, 6) is -1.15. The van der Waals surface area contributed by atoms with Gasteiger partial charge in [-0.25, -0.2) is 13.2 Å². The first kappa shape index (κ1) is 26.6. The van der Waals surface area contributed by atoms with Crippen molar-refractivity contribution in [2.45, 2.75) is 42.2 Å². The number of halogens is 1. The molecule has 3 aromatic carbocycles. The minimum absolute atomic E-state index is 0.0381. The standard InChI is InChI=1S/C27H28ClNO5S/c1-18-6-12-26(22(14-18)9-13-27(31)32)35(33,34)24-10-7-20(8-11-24)15-19(2)29-17-25(30)21-4-3-5-23(28)16-21/h3-14,16,19,25,29-30H,15,17H2,1-2H3,(H,31,32)/b13-9-/t19?,25-/m0/s1. The molecule has 3 rings (SSSR count). The van der Waals surface area contributed by atoms with Gasteiger partial charge in [0, 0.05) is 23.7 Å². The van der Waals surface area contributed by atoms with E-state index in [1.165, 1.54) is 12.1 Å². The number of aliphatic hydroxyl groups excluding tert-OH is 1. The van der Waals surface area contributed by atoms with Crippen LogP contribution in [0.15, 0.2) is 82.6 Å². The summed E-state index contributed by atoms with van der Waals surface area (Å²) in [7, 11) is -3.84. The van der Waals surface area contributed by atoms with Crippen LogP contribution in [0.2, 0.25) is 5.02 Å². The van der Waals surface area contributed by atoms with E-state index in [4.69, 9.17) is 16.7 Å². The molecule has 0 saturated heterocycles. The van der Waals surface area contributed by atoms with Gasteiger partial charge in [-0.2, -0.15) is 0 Å². The second kappa shape index (κ2) is 11.6. The molecule has 184 valence electrons. The Morgan fingerprint density at radius 3 is 2.46 bits per heavy atom. The van der Waals surface area contributed by atoms with Crippen molar-refractivity contribution in [1.29, 1.82) is 0 Å². The Kier molecular flexibility index (Phi) is 8.86. The van der Waals surface area contributed by atoms with Gasteiger partial charge < -0.3 is 15.5 Å². The highest BCUT2D eigenvalue weighted by Crippen LogP contribution is 2.26. The smallest absolute Gasteiger partial charge is 0.328 e. The highest BCUT2D eigenvalue weighted by Gasteiger charge is 2.21. The van der Waals surface area contributed by atoms with E-state index in [9.17, 15) is 18.3 Å². The third-order valence-corrected chi connectivity index (χ3v) is 7.61. The van der Waals surface area contributed by atoms with Crippen molar-refractivity contribution in [1.82, 2.24) is 5.32 Å². The molecule has 0 aromatic heterocycles. The lowest BCUT2D eigenvalue weighted by molar-refractivity contribution is -0.131. The molecule has 0 spiro atoms. The fraction of sp³-hybridized carbons (Fsp3) is 0.222. The molecule has 0 amide bonds. The Morgan fingerprint density at radius 1 is 1.09 bits per heavy atom. The zero-order valence-electron chi connectivity index (χ0n) is 19.5. The van der Waals surface area contributed by atoms with Gasteiger partial charge in [-0.05, 0) is 73.4 Å². The number of hydrogen-bond acceptors (Lipinski definition) is 5. The van der Waals surface area contributed by atoms with Gasteiger partial charge in [0.05, 0.1) is 15.9 Å². The molecular weight excluding hydrogens is 486 g/mol. The normalized spacial score (nSPS) is 13.6. The maximum Gasteiger partial charge on any atom is 0.328 e. The van der Waals surface area contributed by atoms with Crippen molar-refractivity contribution in [2.75, 3.05) is 6.54 Å². The fourth-order valence-corrected chi connectivity index (χ4v) is 5.34. The largest absolute Gasteiger partial charge is 0.478 e. The zero-order chi connectivity index (χ0) is 25.6. The quantitative estimate of drug-likeness (QED) is 0.335. The number of hydrogen-bond donors (Lipinski definition) is 3. The number of carbonyl (C=O) groups is 1. The molecule has 35 heavy (non-hydrogen) atoms. The minimum atomic E-state index is -3.84. The summed E-state index contributed by atoms with van der Waals surface area (Å²) in [6.45, 7) is 4.16. The van der Waals surface area contributed by atoms with E-state index in [-0.39, 0.29) is 15.8 Å². The Hall–Kier alpha value is -2.97. The van der Waals surface area contributed by atoms with Gasteiger partial charge in [-0.3, -0.25) is 0 Å². The molecule has 0 aliphatic rings. The molecule has 2 atom stereocenters. The summed E-state index contributed by atoms with van der Waals surface area (Å²) in [5, 5.41) is 23.2. The van der Waals surface area contributed by atoms with E-state index < -0.39 is 21.9 Å². The number of carboxylic acid groups (broad SMARTS) is 1. The van der Waals surface area contributed by atoms with Crippen LogP contribution in [0.5, 0.6) is 0 Å². The Balaban J connectivity index is 1.69. The number of carboxylic acids is 1. The number of aryl methyl sites for hydroxylation is 1. The number of aliphatic carboxylic acids is 1. The molecule has 6 nitrogen and oxygen atoms in total. The number of aliphatic hydroxyl groups is 1. The highest BCUT2D eigenvalue weighted by atomic mass is 35.5. The summed E-state index contributed by atoms with van der Waals surface area (Å²) in [5.41, 5.74) is 2.83. The zero-order valence-corrected chi connectivity index (χ0v) is 21.1. The highest BCUT2D eigenvalue weighted by molar-refractivity contribution is 7.91. The molecule has 0 bridgehead atoms. The maximum absolute atomic E-state index is 13.2. The number of benzene rings is 3. The van der Waals surface area contributed by atoms with E-state index in [2.05, 4.69) is 5.32 Å². The van der Waals surface area contributed by atoms with Crippen molar-refractivity contribution in [3.05, 3.63) is 100 Å². The van der Waals surface area contributed by atoms with E-state index in [1.54, 1.807) is 54.6 Å². The Bertz CT molecular complexity index is 1320. The lowest BCUT2D eigenvalue weighted by atomic mass is 10.1. The number of sulfone groups is 1. The van der Waals surface area contributed by atoms with Crippen LogP contribution >= 0.6 is 11.6 Å². The molecular formula is C27H28ClNO5S. The lowest BCUT2D eigenvalue weighted by Crippen LogP contribution is -2.32. The molecule has 0 fully saturated rings. The monoisotopic (exact) mass is 513 g/mol. The minimum Gasteiger partial charge on any atom is -0.478 e. The maximum atomic E-state index is 13.2. The van der Waals surface area contributed by atoms with Crippen molar-refractivity contribution in [2.24, 2.45) is 0 Å². The first-order valence-corrected chi connectivity index (χ1v) is 12.9. The second-order valence-electron chi connectivity index (χ2n) is 8.44. The first-order valence-electron chi connectivity index (χ1n) is 11.1. The van der Waals surface area contributed by atoms with E-state index >= 15 is 0 Å². The average molecular weight is 514 g/mol. The number of nitrogens with one attached hydrogen (secondary N) is 1. The van der Waals surface area contributed by atoms with Crippen molar-refractivity contribution in [3.8, 4) is 0 Å². The van der Waals surface area contributed by atoms with Gasteiger partial charge in [0.2, 0.25) is 9.84 Å². The SMILES string of the molecule is Cc1ccc(S(=O)(=O)c2ccc(CC(C)NC[C@H](O)c3cccc(Cl)c3)cc2)c(/C=C\C(=O)O)c1. The molecule has 0 heterocycles. The first-order chi connectivity index (χ1) is 16.6. The molecule has 0 aliphatic carbocycles. The third kappa shape index (κ3) is 7.26. The van der Waals surface area contributed by atoms with Crippen LogP contribution in [0.25, 0.3) is 6.08 Å². The molecule has 0 radical (unpaired) electrons. The summed E-state index contributed by atoms with van der Waals surface area (Å²) in [6, 6.07) is 18.6. The van der Waals surface area contributed by atoms with E-state index in [0.717, 1.165) is 22.8 Å². The van der Waals surface area contributed by atoms with E-state index in [0.29, 0.717) is 23.6 Å². The predicted octanol–water partition coefficient (Wildman–Crippen LogP) is 4.83. The molecule has 3 N–H and O–H groups in total. The van der Waals surface area contributed by atoms with Crippen LogP contribution in [-0.2, 0) is 21.1 Å². The summed E-state index contributed by atoms with van der Waals surface area (Å²) >= 11 is 5.99. The molecule has 0 aliphatic heterocycles. The van der Waals surface area contributed by atoms with Crippen LogP contribution in [0.3, 0.4) is 0 Å². The topological polar surface area (TPSA) is 104 Å². The van der Waals surface area contributed by atoms with Crippen molar-refractivity contribution in [3.63, 3.8) is 0 Å². The van der Waals surface area contributed by atoms with Gasteiger partial charge >= 0.3 is 5.97 Å². The fourth-order valence-electron chi connectivity index (χ4n) is 3.71. The van der Waals surface area contributed by atoms with Gasteiger partial charge in [-0.15, -0.1) is 0 Å². The Morgan fingerprint density at radius 2 is 1.80 bits per heavy atom. The average Bonchev–Trinajstić information content (AvgIpc) is 2.81. The third-order valence-electron chi connectivity index (χ3n) is 5.53. The van der Waals surface area contributed by atoms with Gasteiger partial charge in [0.1, 0.15) is 0 Å². The predicted molar refractivity (Wildman–Crippen MR) is 137 cm³/mol. The Labute approximate surface area is 210 Å². The van der Waals surface area contributed by atoms with Crippen LogP contribution < -0.4 is 5.32 Å². The molecule has 3 aromatic rings. The lowest BCUT2D eigenvalue weighted by Gasteiger charge is -2.18. The summed E-state index contributed by atoms with van der Waals surface area (Å²) in [4.78, 5) is 11.1. The van der Waals surface area contributed by atoms with Gasteiger partial charge in [0.25, 0.3) is 0 Å². The molecule has 0 saturated carbocycles. The van der Waals surface area contributed by atoms with Crippen LogP contribution in [0.4, 0.5) is 0 Å². The second-order valence-corrected chi connectivity index (χ2v) is 10.8. The van der Waals surface area contributed by atoms with E-state index in [1.807, 2.05) is 19.9 Å². The number of rotatable bonds is 10. The summed E-state index contributed by atoms with van der Waals surface area (Å²) in [6.07, 6.45) is 2.17. The van der Waals surface area contributed by atoms with Crippen LogP contribution in [-0.4, -0.2) is 37.2 Å². The van der Waals surface area contributed by atoms with Gasteiger partial charge in [0.15, 0.2) is 0 Å². The molecule has 1 unspecified atom stereocenters.